The molecular weight excluding hydrogens is 356 g/mol. The van der Waals surface area contributed by atoms with E-state index in [1.165, 1.54) is 20.6 Å². The minimum atomic E-state index is -0.384. The molecule has 0 bridgehead atoms. The summed E-state index contributed by atoms with van der Waals surface area (Å²) in [5.74, 6) is 1.29. The molecule has 0 spiro atoms. The number of anilines is 2. The summed E-state index contributed by atoms with van der Waals surface area (Å²) in [5, 5.41) is 11.4. The highest BCUT2D eigenvalue weighted by Gasteiger charge is 2.17. The number of nitrogens with zero attached hydrogens (tertiary/aromatic N) is 3. The second-order valence-electron chi connectivity index (χ2n) is 5.97. The van der Waals surface area contributed by atoms with Gasteiger partial charge in [0.1, 0.15) is 11.5 Å². The molecule has 26 heavy (non-hydrogen) atoms. The van der Waals surface area contributed by atoms with Crippen molar-refractivity contribution in [1.82, 2.24) is 10.2 Å². The van der Waals surface area contributed by atoms with Gasteiger partial charge in [0.25, 0.3) is 5.91 Å². The summed E-state index contributed by atoms with van der Waals surface area (Å²) in [6.45, 7) is 1.95. The highest BCUT2D eigenvalue weighted by molar-refractivity contribution is 6.32. The molecule has 1 aliphatic rings. The van der Waals surface area contributed by atoms with Crippen molar-refractivity contribution in [2.24, 2.45) is 0 Å². The predicted octanol–water partition coefficient (Wildman–Crippen LogP) is 3.39. The van der Waals surface area contributed by atoms with Gasteiger partial charge in [0.2, 0.25) is 0 Å². The lowest BCUT2D eigenvalue weighted by Gasteiger charge is -2.27. The number of rotatable bonds is 5. The number of hydrogen-bond acceptors (Lipinski definition) is 6. The van der Waals surface area contributed by atoms with Crippen LogP contribution >= 0.6 is 11.6 Å². The van der Waals surface area contributed by atoms with Gasteiger partial charge in [-0.05, 0) is 31.4 Å². The maximum atomic E-state index is 12.5. The molecule has 1 fully saturated rings. The molecule has 1 aromatic carbocycles. The largest absolute Gasteiger partial charge is 0.495 e. The van der Waals surface area contributed by atoms with Crippen LogP contribution in [0.4, 0.5) is 11.5 Å². The molecular formula is C18H21ClN4O3. The van der Waals surface area contributed by atoms with Gasteiger partial charge < -0.3 is 19.7 Å². The summed E-state index contributed by atoms with van der Waals surface area (Å²) in [6, 6.07) is 6.69. The van der Waals surface area contributed by atoms with Crippen molar-refractivity contribution in [3.05, 3.63) is 35.0 Å². The number of carbonyl (C=O) groups excluding carboxylic acids is 1. The van der Waals surface area contributed by atoms with E-state index in [0.717, 1.165) is 31.7 Å². The number of halogens is 1. The molecule has 7 nitrogen and oxygen atoms in total. The third-order valence-electron chi connectivity index (χ3n) is 4.29. The number of nitrogens with one attached hydrogen (secondary N) is 1. The first-order chi connectivity index (χ1) is 12.6. The molecule has 0 saturated carbocycles. The first kappa shape index (κ1) is 18.3. The third-order valence-corrected chi connectivity index (χ3v) is 4.58. The molecule has 0 aliphatic carbocycles. The van der Waals surface area contributed by atoms with Gasteiger partial charge in [-0.25, -0.2) is 0 Å². The van der Waals surface area contributed by atoms with Gasteiger partial charge in [0, 0.05) is 25.2 Å². The molecule has 0 radical (unpaired) electrons. The highest BCUT2D eigenvalue weighted by Crippen LogP contribution is 2.36. The van der Waals surface area contributed by atoms with Crippen molar-refractivity contribution < 1.29 is 14.3 Å². The van der Waals surface area contributed by atoms with Crippen LogP contribution in [-0.4, -0.2) is 43.4 Å². The van der Waals surface area contributed by atoms with Crippen molar-refractivity contribution in [3.63, 3.8) is 0 Å². The molecule has 1 aromatic heterocycles. The lowest BCUT2D eigenvalue weighted by atomic mass is 10.1. The fourth-order valence-corrected chi connectivity index (χ4v) is 3.11. The first-order valence-electron chi connectivity index (χ1n) is 8.44. The Balaban J connectivity index is 1.75. The molecule has 0 unspecified atom stereocenters. The van der Waals surface area contributed by atoms with Gasteiger partial charge in [0.05, 0.1) is 24.9 Å². The van der Waals surface area contributed by atoms with Crippen molar-refractivity contribution in [1.29, 1.82) is 0 Å². The Hall–Kier alpha value is -2.54. The zero-order valence-electron chi connectivity index (χ0n) is 14.8. The van der Waals surface area contributed by atoms with E-state index in [1.54, 1.807) is 18.2 Å². The Kier molecular flexibility index (Phi) is 5.78. The van der Waals surface area contributed by atoms with E-state index in [9.17, 15) is 4.79 Å². The van der Waals surface area contributed by atoms with Crippen LogP contribution in [0.1, 0.15) is 29.8 Å². The highest BCUT2D eigenvalue weighted by atomic mass is 35.5. The average Bonchev–Trinajstić information content (AvgIpc) is 2.69. The minimum absolute atomic E-state index is 0.224. The van der Waals surface area contributed by atoms with Crippen LogP contribution in [-0.2, 0) is 0 Å². The third kappa shape index (κ3) is 3.99. The zero-order chi connectivity index (χ0) is 18.5. The van der Waals surface area contributed by atoms with E-state index in [0.29, 0.717) is 22.2 Å². The fraction of sp³-hybridized carbons (Fsp3) is 0.389. The van der Waals surface area contributed by atoms with Crippen molar-refractivity contribution >= 4 is 29.0 Å². The topological polar surface area (TPSA) is 76.6 Å². The number of aromatic nitrogens is 2. The maximum absolute atomic E-state index is 12.5. The van der Waals surface area contributed by atoms with E-state index in [-0.39, 0.29) is 11.6 Å². The van der Waals surface area contributed by atoms with Gasteiger partial charge >= 0.3 is 0 Å². The SMILES string of the molecule is COc1cc(NC(=O)c2ccc(N3CCCCC3)nn2)c(OC)cc1Cl. The molecule has 1 amide bonds. The number of piperidine rings is 1. The molecule has 0 atom stereocenters. The minimum Gasteiger partial charge on any atom is -0.495 e. The zero-order valence-corrected chi connectivity index (χ0v) is 15.5. The second-order valence-corrected chi connectivity index (χ2v) is 6.37. The molecule has 1 saturated heterocycles. The summed E-state index contributed by atoms with van der Waals surface area (Å²) in [5.41, 5.74) is 0.669. The molecule has 138 valence electrons. The normalized spacial score (nSPS) is 14.0. The van der Waals surface area contributed by atoms with E-state index >= 15 is 0 Å². The van der Waals surface area contributed by atoms with Crippen LogP contribution < -0.4 is 19.7 Å². The number of benzene rings is 1. The van der Waals surface area contributed by atoms with Crippen molar-refractivity contribution in [3.8, 4) is 11.5 Å². The fourth-order valence-electron chi connectivity index (χ4n) is 2.88. The van der Waals surface area contributed by atoms with Crippen molar-refractivity contribution in [2.45, 2.75) is 19.3 Å². The molecule has 3 rings (SSSR count). The Morgan fingerprint density at radius 2 is 1.81 bits per heavy atom. The molecule has 2 heterocycles. The quantitative estimate of drug-likeness (QED) is 0.861. The Bertz CT molecular complexity index is 777. The van der Waals surface area contributed by atoms with Gasteiger partial charge in [-0.3, -0.25) is 4.79 Å². The second kappa shape index (κ2) is 8.23. The molecule has 1 aliphatic heterocycles. The average molecular weight is 377 g/mol. The van der Waals surface area contributed by atoms with Crippen LogP contribution in [0.3, 0.4) is 0 Å². The lowest BCUT2D eigenvalue weighted by Crippen LogP contribution is -2.30. The van der Waals surface area contributed by atoms with Gasteiger partial charge in [-0.2, -0.15) is 0 Å². The summed E-state index contributed by atoms with van der Waals surface area (Å²) in [4.78, 5) is 14.7. The Morgan fingerprint density at radius 1 is 1.08 bits per heavy atom. The van der Waals surface area contributed by atoms with Gasteiger partial charge in [-0.15, -0.1) is 10.2 Å². The monoisotopic (exact) mass is 376 g/mol. The maximum Gasteiger partial charge on any atom is 0.276 e. The van der Waals surface area contributed by atoms with Crippen LogP contribution in [0.5, 0.6) is 11.5 Å². The van der Waals surface area contributed by atoms with E-state index < -0.39 is 0 Å². The van der Waals surface area contributed by atoms with Crippen LogP contribution in [0, 0.1) is 0 Å². The summed E-state index contributed by atoms with van der Waals surface area (Å²) in [6.07, 6.45) is 3.56. The number of amides is 1. The standard InChI is InChI=1S/C18H21ClN4O3/c1-25-15-11-14(16(26-2)10-12(15)19)20-18(24)13-6-7-17(22-21-13)23-8-4-3-5-9-23/h6-7,10-11H,3-5,8-9H2,1-2H3,(H,20,24). The number of ether oxygens (including phenoxy) is 2. The molecule has 8 heteroatoms. The molecule has 2 aromatic rings. The first-order valence-corrected chi connectivity index (χ1v) is 8.81. The van der Waals surface area contributed by atoms with E-state index in [2.05, 4.69) is 20.4 Å². The summed E-state index contributed by atoms with van der Waals surface area (Å²) < 4.78 is 10.4. The lowest BCUT2D eigenvalue weighted by molar-refractivity contribution is 0.102. The number of hydrogen-bond donors (Lipinski definition) is 1. The predicted molar refractivity (Wildman–Crippen MR) is 101 cm³/mol. The van der Waals surface area contributed by atoms with Crippen LogP contribution in [0.15, 0.2) is 24.3 Å². The summed E-state index contributed by atoms with van der Waals surface area (Å²) >= 11 is 6.08. The van der Waals surface area contributed by atoms with E-state index in [4.69, 9.17) is 21.1 Å². The molecule has 1 N–H and O–H groups in total. The van der Waals surface area contributed by atoms with Crippen molar-refractivity contribution in [2.75, 3.05) is 37.5 Å². The van der Waals surface area contributed by atoms with Gasteiger partial charge in [0.15, 0.2) is 11.5 Å². The summed E-state index contributed by atoms with van der Waals surface area (Å²) in [7, 11) is 3.01. The Morgan fingerprint density at radius 3 is 2.42 bits per heavy atom. The smallest absolute Gasteiger partial charge is 0.276 e. The number of methoxy groups -OCH3 is 2. The van der Waals surface area contributed by atoms with Gasteiger partial charge in [-0.1, -0.05) is 11.6 Å². The van der Waals surface area contributed by atoms with E-state index in [1.807, 2.05) is 6.07 Å². The Labute approximate surface area is 157 Å². The van der Waals surface area contributed by atoms with Crippen LogP contribution in [0.2, 0.25) is 5.02 Å². The number of carbonyl (C=O) groups is 1. The van der Waals surface area contributed by atoms with Crippen LogP contribution in [0.25, 0.3) is 0 Å².